The third kappa shape index (κ3) is 2.30. The van der Waals surface area contributed by atoms with Crippen LogP contribution in [0.3, 0.4) is 0 Å². The Hall–Kier alpha value is -1.22. The second-order valence-electron chi connectivity index (χ2n) is 3.97. The highest BCUT2D eigenvalue weighted by molar-refractivity contribution is 9.10. The predicted octanol–water partition coefficient (Wildman–Crippen LogP) is 4.03. The van der Waals surface area contributed by atoms with Crippen LogP contribution in [-0.4, -0.2) is 9.97 Å². The zero-order valence-electron chi connectivity index (χ0n) is 9.31. The molecule has 0 unspecified atom stereocenters. The Morgan fingerprint density at radius 3 is 2.25 bits per heavy atom. The van der Waals surface area contributed by atoms with Gasteiger partial charge in [-0.25, -0.2) is 9.97 Å². The lowest BCUT2D eigenvalue weighted by atomic mass is 10.1. The van der Waals surface area contributed by atoms with Gasteiger partial charge in [0.2, 0.25) is 0 Å². The van der Waals surface area contributed by atoms with E-state index in [1.165, 1.54) is 0 Å². The van der Waals surface area contributed by atoms with Gasteiger partial charge in [-0.2, -0.15) is 0 Å². The second kappa shape index (κ2) is 4.74. The molecule has 16 heavy (non-hydrogen) atoms. The smallest absolute Gasteiger partial charge is 0.160 e. The SMILES string of the molecule is CC(C)c1cnc(-c2ccccc2Br)nc1. The maximum Gasteiger partial charge on any atom is 0.160 e. The summed E-state index contributed by atoms with van der Waals surface area (Å²) in [4.78, 5) is 8.78. The fourth-order valence-electron chi connectivity index (χ4n) is 1.42. The summed E-state index contributed by atoms with van der Waals surface area (Å²) in [5.74, 6) is 1.23. The molecule has 1 aromatic heterocycles. The van der Waals surface area contributed by atoms with Crippen LogP contribution in [0.25, 0.3) is 11.4 Å². The summed E-state index contributed by atoms with van der Waals surface area (Å²) in [5.41, 5.74) is 2.19. The van der Waals surface area contributed by atoms with Gasteiger partial charge in [-0.15, -0.1) is 0 Å². The Morgan fingerprint density at radius 2 is 1.69 bits per heavy atom. The molecule has 0 fully saturated rings. The van der Waals surface area contributed by atoms with Crippen molar-refractivity contribution in [3.8, 4) is 11.4 Å². The quantitative estimate of drug-likeness (QED) is 0.828. The normalized spacial score (nSPS) is 10.8. The van der Waals surface area contributed by atoms with E-state index < -0.39 is 0 Å². The summed E-state index contributed by atoms with van der Waals surface area (Å²) in [5, 5.41) is 0. The summed E-state index contributed by atoms with van der Waals surface area (Å²) in [6.45, 7) is 4.27. The van der Waals surface area contributed by atoms with Crippen LogP contribution in [0.4, 0.5) is 0 Å². The van der Waals surface area contributed by atoms with E-state index in [4.69, 9.17) is 0 Å². The first kappa shape index (κ1) is 11.3. The van der Waals surface area contributed by atoms with Crippen molar-refractivity contribution in [2.45, 2.75) is 19.8 Å². The van der Waals surface area contributed by atoms with Crippen molar-refractivity contribution >= 4 is 15.9 Å². The zero-order valence-corrected chi connectivity index (χ0v) is 10.9. The Kier molecular flexibility index (Phi) is 3.34. The van der Waals surface area contributed by atoms with E-state index in [1.807, 2.05) is 36.7 Å². The fourth-order valence-corrected chi connectivity index (χ4v) is 1.88. The molecule has 0 atom stereocenters. The predicted molar refractivity (Wildman–Crippen MR) is 69.3 cm³/mol. The molecule has 1 heterocycles. The number of nitrogens with zero attached hydrogens (tertiary/aromatic N) is 2. The number of hydrogen-bond donors (Lipinski definition) is 0. The van der Waals surface area contributed by atoms with Gasteiger partial charge in [0.25, 0.3) is 0 Å². The molecule has 0 radical (unpaired) electrons. The van der Waals surface area contributed by atoms with Gasteiger partial charge in [0.1, 0.15) is 0 Å². The molecule has 0 amide bonds. The molecule has 0 saturated carbocycles. The maximum absolute atomic E-state index is 4.39. The molecule has 82 valence electrons. The van der Waals surface area contributed by atoms with E-state index in [9.17, 15) is 0 Å². The van der Waals surface area contributed by atoms with Crippen LogP contribution in [0.5, 0.6) is 0 Å². The van der Waals surface area contributed by atoms with Gasteiger partial charge < -0.3 is 0 Å². The van der Waals surface area contributed by atoms with Gasteiger partial charge in [0.05, 0.1) is 0 Å². The number of benzene rings is 1. The number of halogens is 1. The van der Waals surface area contributed by atoms with Gasteiger partial charge in [-0.1, -0.05) is 48.0 Å². The van der Waals surface area contributed by atoms with Crippen LogP contribution in [0.2, 0.25) is 0 Å². The minimum atomic E-state index is 0.466. The van der Waals surface area contributed by atoms with E-state index in [1.54, 1.807) is 0 Å². The van der Waals surface area contributed by atoms with Crippen LogP contribution in [0.1, 0.15) is 25.3 Å². The van der Waals surface area contributed by atoms with Crippen molar-refractivity contribution in [1.29, 1.82) is 0 Å². The highest BCUT2D eigenvalue weighted by Gasteiger charge is 2.06. The van der Waals surface area contributed by atoms with Crippen LogP contribution >= 0.6 is 15.9 Å². The summed E-state index contributed by atoms with van der Waals surface area (Å²) < 4.78 is 1.02. The van der Waals surface area contributed by atoms with Gasteiger partial charge >= 0.3 is 0 Å². The molecule has 0 aliphatic heterocycles. The summed E-state index contributed by atoms with van der Waals surface area (Å²) in [6.07, 6.45) is 3.79. The molecule has 0 bridgehead atoms. The van der Waals surface area contributed by atoms with Crippen LogP contribution in [0, 0.1) is 0 Å². The molecule has 2 aromatic rings. The Bertz CT molecular complexity index is 478. The van der Waals surface area contributed by atoms with Gasteiger partial charge in [0.15, 0.2) is 5.82 Å². The maximum atomic E-state index is 4.39. The van der Waals surface area contributed by atoms with Crippen molar-refractivity contribution in [2.24, 2.45) is 0 Å². The summed E-state index contributed by atoms with van der Waals surface area (Å²) in [6, 6.07) is 7.97. The lowest BCUT2D eigenvalue weighted by Gasteiger charge is -2.06. The van der Waals surface area contributed by atoms with Crippen molar-refractivity contribution in [3.63, 3.8) is 0 Å². The lowest BCUT2D eigenvalue weighted by molar-refractivity contribution is 0.847. The molecule has 2 nitrogen and oxygen atoms in total. The molecule has 3 heteroatoms. The molecular formula is C13H13BrN2. The van der Waals surface area contributed by atoms with Gasteiger partial charge in [0, 0.05) is 22.4 Å². The topological polar surface area (TPSA) is 25.8 Å². The van der Waals surface area contributed by atoms with E-state index in [-0.39, 0.29) is 0 Å². The zero-order chi connectivity index (χ0) is 11.5. The summed E-state index contributed by atoms with van der Waals surface area (Å²) >= 11 is 3.50. The van der Waals surface area contributed by atoms with Crippen molar-refractivity contribution < 1.29 is 0 Å². The molecule has 0 aliphatic rings. The molecule has 0 aliphatic carbocycles. The fraction of sp³-hybridized carbons (Fsp3) is 0.231. The average molecular weight is 277 g/mol. The molecule has 2 rings (SSSR count). The number of aromatic nitrogens is 2. The molecule has 0 N–H and O–H groups in total. The van der Waals surface area contributed by atoms with E-state index in [0.717, 1.165) is 21.4 Å². The van der Waals surface area contributed by atoms with Crippen molar-refractivity contribution in [1.82, 2.24) is 9.97 Å². The Balaban J connectivity index is 2.39. The monoisotopic (exact) mass is 276 g/mol. The second-order valence-corrected chi connectivity index (χ2v) is 4.83. The first-order valence-corrected chi connectivity index (χ1v) is 6.04. The highest BCUT2D eigenvalue weighted by Crippen LogP contribution is 2.25. The first-order valence-electron chi connectivity index (χ1n) is 5.25. The van der Waals surface area contributed by atoms with Crippen LogP contribution in [0.15, 0.2) is 41.1 Å². The van der Waals surface area contributed by atoms with Crippen molar-refractivity contribution in [3.05, 3.63) is 46.7 Å². The minimum absolute atomic E-state index is 0.466. The number of rotatable bonds is 2. The lowest BCUT2D eigenvalue weighted by Crippen LogP contribution is -1.94. The molecule has 0 saturated heterocycles. The highest BCUT2D eigenvalue weighted by atomic mass is 79.9. The van der Waals surface area contributed by atoms with Gasteiger partial charge in [-0.05, 0) is 17.5 Å². The minimum Gasteiger partial charge on any atom is -0.236 e. The average Bonchev–Trinajstić information content (AvgIpc) is 2.30. The molecule has 1 aromatic carbocycles. The Morgan fingerprint density at radius 1 is 1.06 bits per heavy atom. The van der Waals surface area contributed by atoms with Gasteiger partial charge in [-0.3, -0.25) is 0 Å². The Labute approximate surface area is 104 Å². The third-order valence-corrected chi connectivity index (χ3v) is 3.14. The molecule has 0 spiro atoms. The van der Waals surface area contributed by atoms with E-state index >= 15 is 0 Å². The first-order chi connectivity index (χ1) is 7.68. The van der Waals surface area contributed by atoms with Crippen LogP contribution < -0.4 is 0 Å². The van der Waals surface area contributed by atoms with E-state index in [2.05, 4.69) is 39.7 Å². The molecular weight excluding hydrogens is 264 g/mol. The van der Waals surface area contributed by atoms with Crippen LogP contribution in [-0.2, 0) is 0 Å². The largest absolute Gasteiger partial charge is 0.236 e. The third-order valence-electron chi connectivity index (χ3n) is 2.45. The summed E-state index contributed by atoms with van der Waals surface area (Å²) in [7, 11) is 0. The number of hydrogen-bond acceptors (Lipinski definition) is 2. The van der Waals surface area contributed by atoms with E-state index in [0.29, 0.717) is 5.92 Å². The standard InChI is InChI=1S/C13H13BrN2/c1-9(2)10-7-15-13(16-8-10)11-5-3-4-6-12(11)14/h3-9H,1-2H3. The van der Waals surface area contributed by atoms with Crippen molar-refractivity contribution in [2.75, 3.05) is 0 Å².